The Hall–Kier alpha value is -2.43. The molecule has 0 bridgehead atoms. The van der Waals surface area contributed by atoms with Crippen LogP contribution in [0.25, 0.3) is 16.9 Å². The molecule has 0 fully saturated rings. The Bertz CT molecular complexity index is 1410. The minimum atomic E-state index is 0. The summed E-state index contributed by atoms with van der Waals surface area (Å²) in [4.78, 5) is 0. The summed E-state index contributed by atoms with van der Waals surface area (Å²) < 4.78 is 1.50. The molecule has 0 aliphatic carbocycles. The molecule has 0 spiro atoms. The third kappa shape index (κ3) is 12.7. The number of aryl methyl sites for hydroxylation is 4. The van der Waals surface area contributed by atoms with Gasteiger partial charge in [0.15, 0.2) is 0 Å². The normalized spacial score (nSPS) is 12.6. The molecule has 0 saturated carbocycles. The Balaban J connectivity index is 0.00000867. The van der Waals surface area contributed by atoms with Crippen LogP contribution in [-0.4, -0.2) is 4.70 Å². The molecule has 1 aliphatic rings. The van der Waals surface area contributed by atoms with E-state index in [1.807, 2.05) is 0 Å². The second-order valence-corrected chi connectivity index (χ2v) is 14.5. The van der Waals surface area contributed by atoms with E-state index < -0.39 is 0 Å². The van der Waals surface area contributed by atoms with Crippen LogP contribution in [0.2, 0.25) is 0 Å². The fourth-order valence-electron chi connectivity index (χ4n) is 7.52. The van der Waals surface area contributed by atoms with Crippen LogP contribution >= 0.6 is 0 Å². The molecule has 3 heteroatoms. The molecule has 0 N–H and O–H groups in total. The number of unbranched alkanes of at least 4 members (excludes halogenated alkanes) is 9. The molecule has 0 amide bonds. The zero-order valence-corrected chi connectivity index (χ0v) is 34.1. The van der Waals surface area contributed by atoms with Gasteiger partial charge in [0.05, 0.1) is 0 Å². The number of rotatable bonds is 23. The predicted molar refractivity (Wildman–Crippen MR) is 215 cm³/mol. The van der Waals surface area contributed by atoms with Crippen LogP contribution in [0.3, 0.4) is 0 Å². The van der Waals surface area contributed by atoms with Gasteiger partial charge in [0.25, 0.3) is 0 Å². The SMILES string of the molecule is CCCCCCCCC#CC1=C(c2cc(CCCC)c(CCCC)c(CCCC)c2)[N+](=[N-])C(c2cc(CCC)c(CCC)c(CCC)c2)=C1.[Ni]. The van der Waals surface area contributed by atoms with Gasteiger partial charge in [-0.3, -0.25) is 0 Å². The van der Waals surface area contributed by atoms with Crippen LogP contribution in [0.1, 0.15) is 196 Å². The number of hydrogen-bond donors (Lipinski definition) is 0. The van der Waals surface area contributed by atoms with E-state index in [1.54, 1.807) is 5.56 Å². The van der Waals surface area contributed by atoms with Gasteiger partial charge in [-0.15, -0.1) is 0 Å². The maximum atomic E-state index is 12.2. The second kappa shape index (κ2) is 24.7. The molecule has 3 rings (SSSR count). The van der Waals surface area contributed by atoms with Crippen LogP contribution in [0.15, 0.2) is 35.9 Å². The quantitative estimate of drug-likeness (QED) is 0.0473. The molecule has 1 aliphatic heterocycles. The Morgan fingerprint density at radius 3 is 1.50 bits per heavy atom. The molecule has 0 unspecified atom stereocenters. The van der Waals surface area contributed by atoms with Crippen molar-refractivity contribution in [2.75, 3.05) is 0 Å². The predicted octanol–water partition coefficient (Wildman–Crippen LogP) is 14.1. The molecular weight excluding hydrogens is 651 g/mol. The Morgan fingerprint density at radius 2 is 0.960 bits per heavy atom. The first-order valence-corrected chi connectivity index (χ1v) is 20.7. The van der Waals surface area contributed by atoms with Crippen LogP contribution in [-0.2, 0) is 55.0 Å². The van der Waals surface area contributed by atoms with Crippen LogP contribution in [0.4, 0.5) is 0 Å². The summed E-state index contributed by atoms with van der Waals surface area (Å²) in [7, 11) is 0. The first-order chi connectivity index (χ1) is 24.0. The van der Waals surface area contributed by atoms with Gasteiger partial charge in [0.2, 0.25) is 11.4 Å². The summed E-state index contributed by atoms with van der Waals surface area (Å²) in [5.41, 5.74) is 26.2. The monoisotopic (exact) mass is 720 g/mol. The van der Waals surface area contributed by atoms with Crippen molar-refractivity contribution in [3.63, 3.8) is 0 Å². The van der Waals surface area contributed by atoms with Gasteiger partial charge in [-0.1, -0.05) is 131 Å². The molecule has 50 heavy (non-hydrogen) atoms. The third-order valence-corrected chi connectivity index (χ3v) is 10.2. The molecule has 1 heterocycles. The summed E-state index contributed by atoms with van der Waals surface area (Å²) in [6, 6.07) is 9.58. The summed E-state index contributed by atoms with van der Waals surface area (Å²) in [6.45, 7) is 16.0. The van der Waals surface area contributed by atoms with Gasteiger partial charge in [0, 0.05) is 40.1 Å². The van der Waals surface area contributed by atoms with Gasteiger partial charge >= 0.3 is 0 Å². The van der Waals surface area contributed by atoms with E-state index in [1.165, 1.54) is 103 Å². The van der Waals surface area contributed by atoms with E-state index in [-0.39, 0.29) is 16.5 Å². The minimum Gasteiger partial charge on any atom is -0.493 e. The molecule has 278 valence electrons. The molecule has 0 aromatic heterocycles. The van der Waals surface area contributed by atoms with Crippen molar-refractivity contribution in [2.45, 2.75) is 190 Å². The van der Waals surface area contributed by atoms with Gasteiger partial charge in [-0.25, -0.2) is 4.70 Å². The van der Waals surface area contributed by atoms with Crippen molar-refractivity contribution in [1.82, 2.24) is 0 Å². The van der Waals surface area contributed by atoms with Gasteiger partial charge in [-0.2, -0.15) is 0 Å². The molecule has 2 aromatic carbocycles. The van der Waals surface area contributed by atoms with Crippen LogP contribution < -0.4 is 0 Å². The molecule has 0 saturated heterocycles. The fourth-order valence-corrected chi connectivity index (χ4v) is 7.52. The van der Waals surface area contributed by atoms with Crippen molar-refractivity contribution >= 4 is 11.4 Å². The molecule has 2 nitrogen and oxygen atoms in total. The van der Waals surface area contributed by atoms with Crippen molar-refractivity contribution in [2.24, 2.45) is 0 Å². The number of allylic oxidation sites excluding steroid dienone is 2. The van der Waals surface area contributed by atoms with Crippen molar-refractivity contribution in [3.8, 4) is 11.8 Å². The number of nitrogens with zero attached hydrogens (tertiary/aromatic N) is 2. The third-order valence-electron chi connectivity index (χ3n) is 10.2. The van der Waals surface area contributed by atoms with Gasteiger partial charge in [0.1, 0.15) is 5.57 Å². The zero-order chi connectivity index (χ0) is 35.4. The second-order valence-electron chi connectivity index (χ2n) is 14.5. The Kier molecular flexibility index (Phi) is 21.6. The first-order valence-electron chi connectivity index (χ1n) is 20.7. The fraction of sp³-hybridized carbons (Fsp3) is 0.617. The largest absolute Gasteiger partial charge is 0.493 e. The van der Waals surface area contributed by atoms with E-state index >= 15 is 0 Å². The maximum absolute atomic E-state index is 12.2. The molecule has 0 atom stereocenters. The van der Waals surface area contributed by atoms with E-state index in [2.05, 4.69) is 90.6 Å². The van der Waals surface area contributed by atoms with Crippen molar-refractivity contribution < 1.29 is 21.2 Å². The smallest absolute Gasteiger partial charge is 0.223 e. The van der Waals surface area contributed by atoms with Crippen molar-refractivity contribution in [1.29, 1.82) is 0 Å². The summed E-state index contributed by atoms with van der Waals surface area (Å²) in [5.74, 6) is 7.15. The van der Waals surface area contributed by atoms with E-state index in [4.69, 9.17) is 0 Å². The minimum absolute atomic E-state index is 0. The zero-order valence-electron chi connectivity index (χ0n) is 33.2. The molecule has 0 radical (unpaired) electrons. The average molecular weight is 722 g/mol. The summed E-state index contributed by atoms with van der Waals surface area (Å²) in [5, 5.41) is 0. The first kappa shape index (κ1) is 43.7. The van der Waals surface area contributed by atoms with E-state index in [0.717, 1.165) is 98.7 Å². The van der Waals surface area contributed by atoms with Gasteiger partial charge < -0.3 is 5.53 Å². The summed E-state index contributed by atoms with van der Waals surface area (Å²) in [6.07, 6.45) is 27.9. The van der Waals surface area contributed by atoms with E-state index in [9.17, 15) is 5.53 Å². The van der Waals surface area contributed by atoms with Crippen LogP contribution in [0, 0.1) is 11.8 Å². The maximum Gasteiger partial charge on any atom is 0.223 e. The topological polar surface area (TPSA) is 25.3 Å². The number of hydrogen-bond acceptors (Lipinski definition) is 0. The molecule has 2 aromatic rings. The average Bonchev–Trinajstić information content (AvgIpc) is 3.43. The van der Waals surface area contributed by atoms with Crippen LogP contribution in [0.5, 0.6) is 0 Å². The summed E-state index contributed by atoms with van der Waals surface area (Å²) >= 11 is 0. The standard InChI is InChI=1S/C47H70N2.Ni/c1-8-15-19-20-21-22-23-24-30-41-36-46(42-32-37(25-12-5)44(27-14-7)38(33-42)26-13-6)49(48)47(41)43-34-39(28-16-9-2)45(31-18-11-4)40(35-43)29-17-10-3;/h32-36H,8-23,25-29,31H2,1-7H3;. The number of benzene rings is 2. The van der Waals surface area contributed by atoms with Crippen molar-refractivity contribution in [3.05, 3.63) is 86.0 Å². The Morgan fingerprint density at radius 1 is 0.500 bits per heavy atom. The van der Waals surface area contributed by atoms with E-state index in [0.29, 0.717) is 0 Å². The Labute approximate surface area is 318 Å². The molecular formula is C47H70N2Ni. The van der Waals surface area contributed by atoms with Gasteiger partial charge in [-0.05, 0) is 122 Å².